The number of nitrogens with two attached hydrogens (primary N) is 1. The van der Waals surface area contributed by atoms with Crippen molar-refractivity contribution < 1.29 is 4.74 Å². The van der Waals surface area contributed by atoms with Crippen molar-refractivity contribution in [3.05, 3.63) is 23.8 Å². The molecule has 1 aromatic carbocycles. The zero-order chi connectivity index (χ0) is 8.97. The first-order chi connectivity index (χ1) is 5.79. The lowest BCUT2D eigenvalue weighted by Gasteiger charge is -2.08. The Morgan fingerprint density at radius 2 is 2.08 bits per heavy atom. The quantitative estimate of drug-likeness (QED) is 0.764. The molecule has 0 heterocycles. The minimum Gasteiger partial charge on any atom is -0.495 e. The van der Waals surface area contributed by atoms with Crippen molar-refractivity contribution in [2.45, 2.75) is 19.8 Å². The van der Waals surface area contributed by atoms with Crippen LogP contribution in [-0.4, -0.2) is 7.11 Å². The Morgan fingerprint density at radius 3 is 2.62 bits per heavy atom. The summed E-state index contributed by atoms with van der Waals surface area (Å²) in [6.45, 7) is 2.14. The molecule has 0 bridgehead atoms. The van der Waals surface area contributed by atoms with E-state index in [1.54, 1.807) is 7.11 Å². The Hall–Kier alpha value is -0.890. The number of nitrogen functional groups attached to an aromatic ring is 1. The molecule has 2 nitrogen and oxygen atoms in total. The molecule has 2 N–H and O–H groups in total. The van der Waals surface area contributed by atoms with Gasteiger partial charge in [-0.1, -0.05) is 25.5 Å². The van der Waals surface area contributed by atoms with Crippen LogP contribution in [-0.2, 0) is 6.42 Å². The molecule has 1 aromatic rings. The number of halogens is 1. The van der Waals surface area contributed by atoms with Crippen LogP contribution >= 0.6 is 12.4 Å². The number of anilines is 1. The molecule has 0 radical (unpaired) electrons. The van der Waals surface area contributed by atoms with Crippen molar-refractivity contribution in [1.29, 1.82) is 0 Å². The molecule has 1 rings (SSSR count). The first kappa shape index (κ1) is 12.1. The van der Waals surface area contributed by atoms with Crippen LogP contribution in [0.25, 0.3) is 0 Å². The van der Waals surface area contributed by atoms with E-state index >= 15 is 0 Å². The van der Waals surface area contributed by atoms with Crippen LogP contribution in [0.1, 0.15) is 18.9 Å². The van der Waals surface area contributed by atoms with Gasteiger partial charge in [0, 0.05) is 0 Å². The highest BCUT2D eigenvalue weighted by atomic mass is 35.5. The van der Waals surface area contributed by atoms with Gasteiger partial charge >= 0.3 is 0 Å². The van der Waals surface area contributed by atoms with Crippen molar-refractivity contribution >= 4 is 18.1 Å². The second-order valence-electron chi connectivity index (χ2n) is 2.78. The third-order valence-corrected chi connectivity index (χ3v) is 1.90. The van der Waals surface area contributed by atoms with Crippen molar-refractivity contribution in [2.24, 2.45) is 0 Å². The predicted octanol–water partition coefficient (Wildman–Crippen LogP) is 2.65. The monoisotopic (exact) mass is 201 g/mol. The smallest absolute Gasteiger partial charge is 0.142 e. The summed E-state index contributed by atoms with van der Waals surface area (Å²) in [6.07, 6.45) is 2.13. The number of benzene rings is 1. The highest BCUT2D eigenvalue weighted by Crippen LogP contribution is 2.25. The second kappa shape index (κ2) is 5.70. The van der Waals surface area contributed by atoms with Crippen molar-refractivity contribution in [3.8, 4) is 5.75 Å². The molecule has 0 aliphatic heterocycles. The lowest BCUT2D eigenvalue weighted by Crippen LogP contribution is -1.97. The molecule has 0 aliphatic carbocycles. The van der Waals surface area contributed by atoms with Crippen molar-refractivity contribution in [1.82, 2.24) is 0 Å². The number of aryl methyl sites for hydroxylation is 1. The van der Waals surface area contributed by atoms with Gasteiger partial charge in [0.1, 0.15) is 5.75 Å². The molecule has 0 unspecified atom stereocenters. The average molecular weight is 202 g/mol. The summed E-state index contributed by atoms with van der Waals surface area (Å²) in [6, 6.07) is 5.90. The van der Waals surface area contributed by atoms with Crippen LogP contribution in [0.2, 0.25) is 0 Å². The molecule has 0 atom stereocenters. The maximum absolute atomic E-state index is 5.85. The molecular formula is C10H16ClNO. The van der Waals surface area contributed by atoms with E-state index in [9.17, 15) is 0 Å². The zero-order valence-corrected chi connectivity index (χ0v) is 8.86. The molecule has 0 spiro atoms. The highest BCUT2D eigenvalue weighted by molar-refractivity contribution is 5.85. The molecule has 0 aliphatic rings. The van der Waals surface area contributed by atoms with Crippen molar-refractivity contribution in [2.75, 3.05) is 12.8 Å². The van der Waals surface area contributed by atoms with E-state index in [-0.39, 0.29) is 12.4 Å². The molecule has 0 aromatic heterocycles. The van der Waals surface area contributed by atoms with Gasteiger partial charge in [-0.15, -0.1) is 12.4 Å². The molecular weight excluding hydrogens is 186 g/mol. The molecule has 3 heteroatoms. The Labute approximate surface area is 85.5 Å². The second-order valence-corrected chi connectivity index (χ2v) is 2.78. The third-order valence-electron chi connectivity index (χ3n) is 1.90. The van der Waals surface area contributed by atoms with Crippen LogP contribution in [0, 0.1) is 0 Å². The van der Waals surface area contributed by atoms with Crippen LogP contribution in [0.15, 0.2) is 18.2 Å². The molecule has 74 valence electrons. The molecule has 0 saturated carbocycles. The highest BCUT2D eigenvalue weighted by Gasteiger charge is 2.02. The Morgan fingerprint density at radius 1 is 1.38 bits per heavy atom. The van der Waals surface area contributed by atoms with Crippen LogP contribution < -0.4 is 10.5 Å². The van der Waals surface area contributed by atoms with E-state index < -0.39 is 0 Å². The van der Waals surface area contributed by atoms with Gasteiger partial charge in [-0.05, 0) is 18.1 Å². The van der Waals surface area contributed by atoms with Gasteiger partial charge in [-0.25, -0.2) is 0 Å². The number of ether oxygens (including phenoxy) is 1. The fraction of sp³-hybridized carbons (Fsp3) is 0.400. The first-order valence-corrected chi connectivity index (χ1v) is 4.21. The summed E-state index contributed by atoms with van der Waals surface area (Å²) in [5, 5.41) is 0. The van der Waals surface area contributed by atoms with E-state index in [4.69, 9.17) is 10.5 Å². The Balaban J connectivity index is 0.00000144. The summed E-state index contributed by atoms with van der Waals surface area (Å²) in [4.78, 5) is 0. The SMILES string of the molecule is CCCc1cccc(OC)c1N.Cl. The topological polar surface area (TPSA) is 35.2 Å². The van der Waals surface area contributed by atoms with E-state index in [2.05, 4.69) is 6.92 Å². The summed E-state index contributed by atoms with van der Waals surface area (Å²) < 4.78 is 5.11. The van der Waals surface area contributed by atoms with Gasteiger partial charge in [0.05, 0.1) is 12.8 Å². The first-order valence-electron chi connectivity index (χ1n) is 4.21. The van der Waals surface area contributed by atoms with E-state index in [1.165, 1.54) is 5.56 Å². The van der Waals surface area contributed by atoms with Gasteiger partial charge < -0.3 is 10.5 Å². The summed E-state index contributed by atoms with van der Waals surface area (Å²) in [7, 11) is 1.64. The fourth-order valence-electron chi connectivity index (χ4n) is 1.25. The fourth-order valence-corrected chi connectivity index (χ4v) is 1.25. The predicted molar refractivity (Wildman–Crippen MR) is 58.6 cm³/mol. The number of hydrogen-bond acceptors (Lipinski definition) is 2. The van der Waals surface area contributed by atoms with E-state index in [0.29, 0.717) is 0 Å². The van der Waals surface area contributed by atoms with Gasteiger partial charge in [0.15, 0.2) is 0 Å². The van der Waals surface area contributed by atoms with Crippen LogP contribution in [0.3, 0.4) is 0 Å². The standard InChI is InChI=1S/C10H15NO.ClH/c1-3-5-8-6-4-7-9(12-2)10(8)11;/h4,6-7H,3,5,11H2,1-2H3;1H. The normalized spacial score (nSPS) is 9.08. The summed E-state index contributed by atoms with van der Waals surface area (Å²) in [5.41, 5.74) is 7.81. The Kier molecular flexibility index (Phi) is 5.31. The lowest BCUT2D eigenvalue weighted by molar-refractivity contribution is 0.416. The zero-order valence-electron chi connectivity index (χ0n) is 8.04. The molecule has 0 amide bonds. The third kappa shape index (κ3) is 2.81. The van der Waals surface area contributed by atoms with E-state index in [0.717, 1.165) is 24.3 Å². The largest absolute Gasteiger partial charge is 0.495 e. The molecule has 13 heavy (non-hydrogen) atoms. The lowest BCUT2D eigenvalue weighted by atomic mass is 10.1. The number of methoxy groups -OCH3 is 1. The minimum absolute atomic E-state index is 0. The molecule has 0 fully saturated rings. The number of para-hydroxylation sites is 1. The van der Waals surface area contributed by atoms with Crippen LogP contribution in [0.5, 0.6) is 5.75 Å². The maximum Gasteiger partial charge on any atom is 0.142 e. The van der Waals surface area contributed by atoms with Gasteiger partial charge in [0.25, 0.3) is 0 Å². The number of hydrogen-bond donors (Lipinski definition) is 1. The minimum atomic E-state index is 0. The van der Waals surface area contributed by atoms with E-state index in [1.807, 2.05) is 18.2 Å². The average Bonchev–Trinajstić information content (AvgIpc) is 2.09. The van der Waals surface area contributed by atoms with Gasteiger partial charge in [0.2, 0.25) is 0 Å². The van der Waals surface area contributed by atoms with Crippen LogP contribution in [0.4, 0.5) is 5.69 Å². The maximum atomic E-state index is 5.85. The van der Waals surface area contributed by atoms with Gasteiger partial charge in [-0.2, -0.15) is 0 Å². The number of rotatable bonds is 3. The molecule has 0 saturated heterocycles. The summed E-state index contributed by atoms with van der Waals surface area (Å²) in [5.74, 6) is 0.779. The van der Waals surface area contributed by atoms with Crippen molar-refractivity contribution in [3.63, 3.8) is 0 Å². The summed E-state index contributed by atoms with van der Waals surface area (Å²) >= 11 is 0. The van der Waals surface area contributed by atoms with Gasteiger partial charge in [-0.3, -0.25) is 0 Å². The Bertz CT molecular complexity index is 263.